The smallest absolute Gasteiger partial charge is 0.254 e. The number of carbonyl (C=O) groups is 1. The Morgan fingerprint density at radius 2 is 2.00 bits per heavy atom. The molecule has 132 valence electrons. The summed E-state index contributed by atoms with van der Waals surface area (Å²) in [6, 6.07) is 17.6. The van der Waals surface area contributed by atoms with Gasteiger partial charge in [0.1, 0.15) is 12.4 Å². The fourth-order valence-corrected chi connectivity index (χ4v) is 3.38. The molecule has 0 aromatic heterocycles. The second kappa shape index (κ2) is 8.17. The first-order chi connectivity index (χ1) is 12.1. The average molecular weight is 338 g/mol. The largest absolute Gasteiger partial charge is 0.489 e. The Hall–Kier alpha value is -2.33. The summed E-state index contributed by atoms with van der Waals surface area (Å²) in [6.45, 7) is 3.25. The SMILES string of the molecule is CC(N)C1CCCCN1C(=O)c1cccc(OCc2ccccc2)c1. The quantitative estimate of drug-likeness (QED) is 0.906. The fraction of sp³-hybridized carbons (Fsp3) is 0.381. The van der Waals surface area contributed by atoms with Gasteiger partial charge in [-0.25, -0.2) is 0 Å². The first-order valence-electron chi connectivity index (χ1n) is 8.98. The number of likely N-dealkylation sites (tertiary alicyclic amines) is 1. The lowest BCUT2D eigenvalue weighted by Crippen LogP contribution is -2.51. The maximum Gasteiger partial charge on any atom is 0.254 e. The monoisotopic (exact) mass is 338 g/mol. The summed E-state index contributed by atoms with van der Waals surface area (Å²) in [7, 11) is 0. The van der Waals surface area contributed by atoms with Crippen molar-refractivity contribution in [1.82, 2.24) is 4.90 Å². The lowest BCUT2D eigenvalue weighted by Gasteiger charge is -2.38. The summed E-state index contributed by atoms with van der Waals surface area (Å²) in [4.78, 5) is 14.9. The number of rotatable bonds is 5. The van der Waals surface area contributed by atoms with E-state index >= 15 is 0 Å². The number of amides is 1. The number of carbonyl (C=O) groups excluding carboxylic acids is 1. The zero-order valence-corrected chi connectivity index (χ0v) is 14.7. The zero-order valence-electron chi connectivity index (χ0n) is 14.7. The van der Waals surface area contributed by atoms with Gasteiger partial charge >= 0.3 is 0 Å². The van der Waals surface area contributed by atoms with Gasteiger partial charge in [0, 0.05) is 24.2 Å². The first-order valence-corrected chi connectivity index (χ1v) is 8.98. The van der Waals surface area contributed by atoms with Gasteiger partial charge in [-0.2, -0.15) is 0 Å². The third-order valence-electron chi connectivity index (χ3n) is 4.75. The van der Waals surface area contributed by atoms with Crippen molar-refractivity contribution in [2.45, 2.75) is 44.9 Å². The molecular formula is C21H26N2O2. The first kappa shape index (κ1) is 17.5. The molecule has 0 spiro atoms. The Morgan fingerprint density at radius 3 is 2.76 bits per heavy atom. The van der Waals surface area contributed by atoms with E-state index in [1.54, 1.807) is 0 Å². The van der Waals surface area contributed by atoms with E-state index in [1.165, 1.54) is 0 Å². The molecule has 4 heteroatoms. The molecule has 1 amide bonds. The van der Waals surface area contributed by atoms with Crippen LogP contribution in [-0.4, -0.2) is 29.4 Å². The summed E-state index contributed by atoms with van der Waals surface area (Å²) >= 11 is 0. The molecule has 2 unspecified atom stereocenters. The van der Waals surface area contributed by atoms with Crippen molar-refractivity contribution in [2.24, 2.45) is 5.73 Å². The van der Waals surface area contributed by atoms with Crippen molar-refractivity contribution in [3.05, 3.63) is 65.7 Å². The molecule has 2 atom stereocenters. The maximum absolute atomic E-state index is 13.0. The van der Waals surface area contributed by atoms with Gasteiger partial charge in [0.05, 0.1) is 0 Å². The Morgan fingerprint density at radius 1 is 1.20 bits per heavy atom. The van der Waals surface area contributed by atoms with Gasteiger partial charge in [-0.3, -0.25) is 4.79 Å². The zero-order chi connectivity index (χ0) is 17.6. The molecule has 25 heavy (non-hydrogen) atoms. The number of benzene rings is 2. The van der Waals surface area contributed by atoms with Crippen LogP contribution in [0.25, 0.3) is 0 Å². The Bertz CT molecular complexity index is 700. The molecule has 0 radical (unpaired) electrons. The van der Waals surface area contributed by atoms with E-state index in [-0.39, 0.29) is 18.0 Å². The number of nitrogens with zero attached hydrogens (tertiary/aromatic N) is 1. The van der Waals surface area contributed by atoms with Crippen molar-refractivity contribution in [2.75, 3.05) is 6.54 Å². The van der Waals surface area contributed by atoms with Crippen LogP contribution in [0.3, 0.4) is 0 Å². The van der Waals surface area contributed by atoms with E-state index in [0.29, 0.717) is 17.9 Å². The van der Waals surface area contributed by atoms with Crippen molar-refractivity contribution in [1.29, 1.82) is 0 Å². The van der Waals surface area contributed by atoms with E-state index in [0.717, 1.165) is 31.4 Å². The maximum atomic E-state index is 13.0. The van der Waals surface area contributed by atoms with E-state index in [1.807, 2.05) is 66.4 Å². The number of piperidine rings is 1. The molecule has 4 nitrogen and oxygen atoms in total. The lowest BCUT2D eigenvalue weighted by atomic mass is 9.96. The normalized spacial score (nSPS) is 18.6. The molecule has 3 rings (SSSR count). The minimum absolute atomic E-state index is 0.0123. The number of hydrogen-bond donors (Lipinski definition) is 1. The highest BCUT2D eigenvalue weighted by Gasteiger charge is 2.29. The van der Waals surface area contributed by atoms with Crippen LogP contribution >= 0.6 is 0 Å². The van der Waals surface area contributed by atoms with E-state index < -0.39 is 0 Å². The molecule has 0 aliphatic carbocycles. The van der Waals surface area contributed by atoms with Crippen molar-refractivity contribution >= 4 is 5.91 Å². The highest BCUT2D eigenvalue weighted by molar-refractivity contribution is 5.95. The molecule has 1 heterocycles. The fourth-order valence-electron chi connectivity index (χ4n) is 3.38. The van der Waals surface area contributed by atoms with Gasteiger partial charge in [0.25, 0.3) is 5.91 Å². The van der Waals surface area contributed by atoms with Crippen molar-refractivity contribution < 1.29 is 9.53 Å². The molecule has 2 aromatic carbocycles. The van der Waals surface area contributed by atoms with E-state index in [4.69, 9.17) is 10.5 Å². The Kier molecular flexibility index (Phi) is 5.71. The molecular weight excluding hydrogens is 312 g/mol. The molecule has 2 N–H and O–H groups in total. The van der Waals surface area contributed by atoms with E-state index in [2.05, 4.69) is 0 Å². The summed E-state index contributed by atoms with van der Waals surface area (Å²) in [5, 5.41) is 0. The molecule has 0 saturated carbocycles. The van der Waals surface area contributed by atoms with Crippen LogP contribution < -0.4 is 10.5 Å². The van der Waals surface area contributed by atoms with Gasteiger partial charge in [-0.1, -0.05) is 36.4 Å². The average Bonchev–Trinajstić information content (AvgIpc) is 2.67. The molecule has 1 aliphatic heterocycles. The van der Waals surface area contributed by atoms with Gasteiger partial charge in [0.2, 0.25) is 0 Å². The predicted octanol–water partition coefficient (Wildman–Crippen LogP) is 3.61. The summed E-state index contributed by atoms with van der Waals surface area (Å²) in [6.07, 6.45) is 3.16. The molecule has 0 bridgehead atoms. The van der Waals surface area contributed by atoms with Crippen LogP contribution in [0.4, 0.5) is 0 Å². The third-order valence-corrected chi connectivity index (χ3v) is 4.75. The summed E-state index contributed by atoms with van der Waals surface area (Å²) in [5.74, 6) is 0.760. The second-order valence-corrected chi connectivity index (χ2v) is 6.72. The predicted molar refractivity (Wildman–Crippen MR) is 99.5 cm³/mol. The highest BCUT2D eigenvalue weighted by Crippen LogP contribution is 2.23. The number of hydrogen-bond acceptors (Lipinski definition) is 3. The molecule has 2 aromatic rings. The van der Waals surface area contributed by atoms with E-state index in [9.17, 15) is 4.79 Å². The minimum atomic E-state index is -0.0123. The van der Waals surface area contributed by atoms with Crippen LogP contribution in [0, 0.1) is 0 Å². The van der Waals surface area contributed by atoms with Crippen LogP contribution in [0.2, 0.25) is 0 Å². The van der Waals surface area contributed by atoms with Gasteiger partial charge in [0.15, 0.2) is 0 Å². The highest BCUT2D eigenvalue weighted by atomic mass is 16.5. The van der Waals surface area contributed by atoms with Gasteiger partial charge < -0.3 is 15.4 Å². The molecule has 1 fully saturated rings. The van der Waals surface area contributed by atoms with Crippen molar-refractivity contribution in [3.8, 4) is 5.75 Å². The van der Waals surface area contributed by atoms with Gasteiger partial charge in [-0.15, -0.1) is 0 Å². The van der Waals surface area contributed by atoms with Gasteiger partial charge in [-0.05, 0) is 49.9 Å². The topological polar surface area (TPSA) is 55.6 Å². The Balaban J connectivity index is 1.70. The van der Waals surface area contributed by atoms with Crippen molar-refractivity contribution in [3.63, 3.8) is 0 Å². The molecule has 1 saturated heterocycles. The summed E-state index contributed by atoms with van der Waals surface area (Å²) < 4.78 is 5.85. The number of ether oxygens (including phenoxy) is 1. The standard InChI is InChI=1S/C21H26N2O2/c1-16(22)20-12-5-6-13-23(20)21(24)18-10-7-11-19(14-18)25-15-17-8-3-2-4-9-17/h2-4,7-11,14,16,20H,5-6,12-13,15,22H2,1H3. The van der Waals surface area contributed by atoms with Crippen LogP contribution in [0.1, 0.15) is 42.1 Å². The van der Waals surface area contributed by atoms with Crippen LogP contribution in [0.15, 0.2) is 54.6 Å². The molecule has 1 aliphatic rings. The van der Waals surface area contributed by atoms with Crippen LogP contribution in [-0.2, 0) is 6.61 Å². The van der Waals surface area contributed by atoms with Crippen LogP contribution in [0.5, 0.6) is 5.75 Å². The second-order valence-electron chi connectivity index (χ2n) is 6.72. The Labute approximate surface area is 149 Å². The lowest BCUT2D eigenvalue weighted by molar-refractivity contribution is 0.0583. The summed E-state index contributed by atoms with van der Waals surface area (Å²) in [5.41, 5.74) is 7.87. The minimum Gasteiger partial charge on any atom is -0.489 e. The third kappa shape index (κ3) is 4.40. The number of nitrogens with two attached hydrogens (primary N) is 1.